The van der Waals surface area contributed by atoms with Crippen molar-refractivity contribution in [3.63, 3.8) is 0 Å². The van der Waals surface area contributed by atoms with Crippen LogP contribution in [0, 0.1) is 0 Å². The van der Waals surface area contributed by atoms with Crippen LogP contribution in [0.1, 0.15) is 25.3 Å². The summed E-state index contributed by atoms with van der Waals surface area (Å²) in [5.74, 6) is 0.861. The molecular weight excluding hydrogens is 332 g/mol. The maximum Gasteiger partial charge on any atom is 0.274 e. The van der Waals surface area contributed by atoms with E-state index in [2.05, 4.69) is 11.9 Å². The van der Waals surface area contributed by atoms with Gasteiger partial charge in [-0.15, -0.1) is 0 Å². The molecule has 0 N–H and O–H groups in total. The summed E-state index contributed by atoms with van der Waals surface area (Å²) in [7, 11) is 0. The molecule has 2 aromatic carbocycles. The summed E-state index contributed by atoms with van der Waals surface area (Å²) in [5, 5.41) is 0. The van der Waals surface area contributed by atoms with Crippen molar-refractivity contribution in [2.75, 3.05) is 6.61 Å². The highest BCUT2D eigenvalue weighted by Crippen LogP contribution is 2.16. The zero-order valence-electron chi connectivity index (χ0n) is 13.9. The van der Waals surface area contributed by atoms with Gasteiger partial charge in [-0.3, -0.25) is 4.79 Å². The summed E-state index contributed by atoms with van der Waals surface area (Å²) in [6.07, 6.45) is 4.08. The molecule has 0 unspecified atom stereocenters. The molecule has 2 aromatic heterocycles. The number of unbranched alkanes of at least 4 members (excludes halogenated alkanes) is 1. The Labute approximate surface area is 149 Å². The van der Waals surface area contributed by atoms with Gasteiger partial charge in [0.05, 0.1) is 22.2 Å². The molecule has 0 aliphatic carbocycles. The second-order valence-electron chi connectivity index (χ2n) is 5.91. The van der Waals surface area contributed by atoms with E-state index in [-0.39, 0.29) is 5.56 Å². The highest BCUT2D eigenvalue weighted by molar-refractivity contribution is 7.15. The number of benzene rings is 2. The smallest absolute Gasteiger partial charge is 0.274 e. The molecule has 0 aliphatic heterocycles. The first-order valence-electron chi connectivity index (χ1n) is 8.41. The summed E-state index contributed by atoms with van der Waals surface area (Å²) in [4.78, 5) is 18.0. The molecule has 5 heteroatoms. The fourth-order valence-corrected chi connectivity index (χ4v) is 3.74. The van der Waals surface area contributed by atoms with Gasteiger partial charge in [-0.1, -0.05) is 48.9 Å². The Hall–Kier alpha value is -2.66. The van der Waals surface area contributed by atoms with Crippen LogP contribution >= 0.6 is 11.3 Å². The quantitative estimate of drug-likeness (QED) is 0.516. The van der Waals surface area contributed by atoms with Crippen molar-refractivity contribution in [3.8, 4) is 5.75 Å². The van der Waals surface area contributed by atoms with E-state index in [0.29, 0.717) is 4.53 Å². The lowest BCUT2D eigenvalue weighted by atomic mass is 10.2. The first-order valence-corrected chi connectivity index (χ1v) is 9.22. The molecule has 0 amide bonds. The first-order chi connectivity index (χ1) is 12.3. The van der Waals surface area contributed by atoms with E-state index in [4.69, 9.17) is 4.74 Å². The number of nitrogens with zero attached hydrogens (tertiary/aromatic N) is 2. The Morgan fingerprint density at radius 2 is 1.96 bits per heavy atom. The van der Waals surface area contributed by atoms with Crippen LogP contribution in [-0.4, -0.2) is 16.0 Å². The lowest BCUT2D eigenvalue weighted by Gasteiger charge is -2.04. The normalized spacial score (nSPS) is 12.3. The van der Waals surface area contributed by atoms with Crippen molar-refractivity contribution < 1.29 is 4.74 Å². The fourth-order valence-electron chi connectivity index (χ4n) is 2.76. The second kappa shape index (κ2) is 6.69. The van der Waals surface area contributed by atoms with Gasteiger partial charge in [0.25, 0.3) is 5.56 Å². The molecule has 0 aliphatic rings. The molecule has 2 heterocycles. The number of ether oxygens (including phenoxy) is 1. The van der Waals surface area contributed by atoms with Crippen molar-refractivity contribution in [2.24, 2.45) is 0 Å². The Kier molecular flexibility index (Phi) is 4.24. The van der Waals surface area contributed by atoms with Crippen molar-refractivity contribution in [1.29, 1.82) is 0 Å². The molecule has 0 saturated carbocycles. The van der Waals surface area contributed by atoms with E-state index in [9.17, 15) is 4.79 Å². The number of fused-ring (bicyclic) bond motifs is 3. The minimum Gasteiger partial charge on any atom is -0.494 e. The third-order valence-electron chi connectivity index (χ3n) is 4.09. The summed E-state index contributed by atoms with van der Waals surface area (Å²) < 4.78 is 8.05. The zero-order chi connectivity index (χ0) is 17.2. The van der Waals surface area contributed by atoms with Crippen LogP contribution in [0.4, 0.5) is 0 Å². The number of para-hydroxylation sites is 2. The van der Waals surface area contributed by atoms with Crippen molar-refractivity contribution in [1.82, 2.24) is 9.38 Å². The lowest BCUT2D eigenvalue weighted by Crippen LogP contribution is -2.22. The van der Waals surface area contributed by atoms with Crippen LogP contribution in [0.2, 0.25) is 0 Å². The Balaban J connectivity index is 1.69. The second-order valence-corrected chi connectivity index (χ2v) is 6.91. The SMILES string of the molecule is CCCCOc1ccc(C=c2sc3nc4ccccc4n3c2=O)cc1. The topological polar surface area (TPSA) is 43.6 Å². The third kappa shape index (κ3) is 3.03. The van der Waals surface area contributed by atoms with Crippen LogP contribution in [0.25, 0.3) is 22.1 Å². The monoisotopic (exact) mass is 350 g/mol. The molecular formula is C20H18N2O2S. The minimum atomic E-state index is -0.0167. The van der Waals surface area contributed by atoms with Gasteiger partial charge < -0.3 is 4.74 Å². The zero-order valence-corrected chi connectivity index (χ0v) is 14.8. The maximum atomic E-state index is 12.7. The third-order valence-corrected chi connectivity index (χ3v) is 5.06. The first kappa shape index (κ1) is 15.8. The molecule has 4 nitrogen and oxygen atoms in total. The van der Waals surface area contributed by atoms with E-state index in [1.165, 1.54) is 11.3 Å². The molecule has 0 fully saturated rings. The van der Waals surface area contributed by atoms with Gasteiger partial charge in [0.2, 0.25) is 0 Å². The Bertz CT molecular complexity index is 1130. The highest BCUT2D eigenvalue weighted by atomic mass is 32.1. The van der Waals surface area contributed by atoms with Crippen LogP contribution in [-0.2, 0) is 0 Å². The van der Waals surface area contributed by atoms with Gasteiger partial charge in [0, 0.05) is 0 Å². The van der Waals surface area contributed by atoms with Gasteiger partial charge in [0.1, 0.15) is 5.75 Å². The highest BCUT2D eigenvalue weighted by Gasteiger charge is 2.10. The number of aromatic nitrogens is 2. The van der Waals surface area contributed by atoms with Crippen LogP contribution in [0.3, 0.4) is 0 Å². The number of imidazole rings is 1. The molecule has 0 saturated heterocycles. The number of hydrogen-bond donors (Lipinski definition) is 0. The molecule has 0 bridgehead atoms. The number of hydrogen-bond acceptors (Lipinski definition) is 4. The molecule has 126 valence electrons. The molecule has 0 spiro atoms. The molecule has 4 aromatic rings. The van der Waals surface area contributed by atoms with Gasteiger partial charge in [-0.2, -0.15) is 0 Å². The molecule has 25 heavy (non-hydrogen) atoms. The Morgan fingerprint density at radius 1 is 1.16 bits per heavy atom. The Morgan fingerprint density at radius 3 is 2.76 bits per heavy atom. The maximum absolute atomic E-state index is 12.7. The minimum absolute atomic E-state index is 0.0167. The largest absolute Gasteiger partial charge is 0.494 e. The van der Waals surface area contributed by atoms with E-state index in [1.54, 1.807) is 4.40 Å². The fraction of sp³-hybridized carbons (Fsp3) is 0.200. The van der Waals surface area contributed by atoms with E-state index < -0.39 is 0 Å². The van der Waals surface area contributed by atoms with Crippen molar-refractivity contribution in [3.05, 3.63) is 69.0 Å². The lowest BCUT2D eigenvalue weighted by molar-refractivity contribution is 0.309. The molecule has 0 atom stereocenters. The molecule has 0 radical (unpaired) electrons. The van der Waals surface area contributed by atoms with Crippen molar-refractivity contribution >= 4 is 33.4 Å². The standard InChI is InChI=1S/C20H18N2O2S/c1-2-3-12-24-15-10-8-14(9-11-15)13-18-19(23)22-17-7-5-4-6-16(17)21-20(22)25-18/h4-11,13H,2-3,12H2,1H3. The summed E-state index contributed by atoms with van der Waals surface area (Å²) in [6, 6.07) is 15.5. The van der Waals surface area contributed by atoms with Gasteiger partial charge in [-0.25, -0.2) is 9.38 Å². The number of rotatable bonds is 5. The van der Waals surface area contributed by atoms with E-state index in [1.807, 2.05) is 54.6 Å². The number of thiazole rings is 1. The van der Waals surface area contributed by atoms with Crippen molar-refractivity contribution in [2.45, 2.75) is 19.8 Å². The van der Waals surface area contributed by atoms with Crippen LogP contribution in [0.5, 0.6) is 5.75 Å². The van der Waals surface area contributed by atoms with Gasteiger partial charge in [-0.05, 0) is 42.3 Å². The molecule has 4 rings (SSSR count). The van der Waals surface area contributed by atoms with Crippen LogP contribution in [0.15, 0.2) is 53.3 Å². The average molecular weight is 350 g/mol. The average Bonchev–Trinajstić information content (AvgIpc) is 3.13. The predicted molar refractivity (Wildman–Crippen MR) is 102 cm³/mol. The van der Waals surface area contributed by atoms with Crippen LogP contribution < -0.4 is 14.8 Å². The van der Waals surface area contributed by atoms with E-state index in [0.717, 1.165) is 46.8 Å². The van der Waals surface area contributed by atoms with Gasteiger partial charge >= 0.3 is 0 Å². The summed E-state index contributed by atoms with van der Waals surface area (Å²) >= 11 is 1.42. The summed E-state index contributed by atoms with van der Waals surface area (Å²) in [6.45, 7) is 2.88. The summed E-state index contributed by atoms with van der Waals surface area (Å²) in [5.41, 5.74) is 2.68. The predicted octanol–water partition coefficient (Wildman–Crippen LogP) is 3.64. The van der Waals surface area contributed by atoms with Gasteiger partial charge in [0.15, 0.2) is 4.96 Å². The van der Waals surface area contributed by atoms with E-state index >= 15 is 0 Å².